The molecule has 3 aliphatic heterocycles. The molecule has 1 aromatic carbocycles. The van der Waals surface area contributed by atoms with E-state index in [2.05, 4.69) is 4.90 Å². The Hall–Kier alpha value is -2.13. The zero-order chi connectivity index (χ0) is 18.3. The van der Waals surface area contributed by atoms with Gasteiger partial charge in [0.15, 0.2) is 0 Å². The van der Waals surface area contributed by atoms with Crippen molar-refractivity contribution in [3.05, 3.63) is 36.4 Å². The van der Waals surface area contributed by atoms with Gasteiger partial charge in [-0.25, -0.2) is 15.0 Å². The van der Waals surface area contributed by atoms with Gasteiger partial charge in [0, 0.05) is 42.4 Å². The summed E-state index contributed by atoms with van der Waals surface area (Å²) in [6.45, 7) is 2.44. The predicted octanol–water partition coefficient (Wildman–Crippen LogP) is 1.31. The third-order valence-corrected chi connectivity index (χ3v) is 6.65. The number of nitrogens with zero attached hydrogens (tertiary/aromatic N) is 3. The van der Waals surface area contributed by atoms with E-state index < -0.39 is 12.2 Å². The maximum Gasteiger partial charge on any atom is 0.414 e. The second-order valence-corrected chi connectivity index (χ2v) is 8.12. The number of benzene rings is 1. The first-order valence-corrected chi connectivity index (χ1v) is 9.65. The van der Waals surface area contributed by atoms with E-state index in [0.717, 1.165) is 13.1 Å². The third-order valence-electron chi connectivity index (χ3n) is 5.02. The van der Waals surface area contributed by atoms with Crippen molar-refractivity contribution in [2.75, 3.05) is 47.5 Å². The second-order valence-electron chi connectivity index (χ2n) is 7.14. The Morgan fingerprint density at radius 3 is 2.81 bits per heavy atom. The van der Waals surface area contributed by atoms with E-state index in [1.165, 1.54) is 39.9 Å². The first-order chi connectivity index (χ1) is 12.5. The molecule has 7 nitrogen and oxygen atoms in total. The minimum atomic E-state index is -0.498. The van der Waals surface area contributed by atoms with Crippen molar-refractivity contribution < 1.29 is 13.9 Å². The fraction of sp³-hybridized carbons (Fsp3) is 0.471. The van der Waals surface area contributed by atoms with Crippen LogP contribution in [0, 0.1) is 11.2 Å². The lowest BCUT2D eigenvalue weighted by molar-refractivity contribution is 0.122. The molecular weight excluding hydrogens is 357 g/mol. The van der Waals surface area contributed by atoms with E-state index in [4.69, 9.17) is 16.3 Å². The summed E-state index contributed by atoms with van der Waals surface area (Å²) in [5.41, 5.74) is 6.77. The molecular formula is C17H22FN5O2S. The summed E-state index contributed by atoms with van der Waals surface area (Å²) >= 11 is 1.95. The van der Waals surface area contributed by atoms with Gasteiger partial charge in [-0.05, 0) is 18.2 Å². The average Bonchev–Trinajstić information content (AvgIpc) is 2.86. The van der Waals surface area contributed by atoms with E-state index >= 15 is 0 Å². The smallest absolute Gasteiger partial charge is 0.414 e. The number of ether oxygens (including phenoxy) is 1. The molecule has 1 atom stereocenters. The first kappa shape index (κ1) is 17.3. The monoisotopic (exact) mass is 379 g/mol. The van der Waals surface area contributed by atoms with Crippen molar-refractivity contribution in [1.29, 1.82) is 0 Å². The largest absolute Gasteiger partial charge is 0.442 e. The molecule has 26 heavy (non-hydrogen) atoms. The summed E-state index contributed by atoms with van der Waals surface area (Å²) < 4.78 is 19.9. The molecule has 4 rings (SSSR count). The number of halogens is 1. The molecule has 0 radical (unpaired) electrons. The van der Waals surface area contributed by atoms with Crippen LogP contribution in [0.1, 0.15) is 0 Å². The van der Waals surface area contributed by atoms with Gasteiger partial charge < -0.3 is 20.4 Å². The molecule has 9 heteroatoms. The highest BCUT2D eigenvalue weighted by atomic mass is 32.2. The van der Waals surface area contributed by atoms with Crippen LogP contribution in [0.5, 0.6) is 0 Å². The summed E-state index contributed by atoms with van der Waals surface area (Å²) in [6.07, 6.45) is 1.90. The molecule has 1 aromatic rings. The number of rotatable bonds is 5. The van der Waals surface area contributed by atoms with E-state index in [1.54, 1.807) is 12.1 Å². The van der Waals surface area contributed by atoms with Crippen molar-refractivity contribution in [2.24, 2.45) is 17.0 Å². The van der Waals surface area contributed by atoms with Crippen LogP contribution >= 0.6 is 11.8 Å². The van der Waals surface area contributed by atoms with Gasteiger partial charge in [0.25, 0.3) is 0 Å². The van der Waals surface area contributed by atoms with Gasteiger partial charge in [-0.3, -0.25) is 4.90 Å². The van der Waals surface area contributed by atoms with Crippen LogP contribution < -0.4 is 21.4 Å². The normalized spacial score (nSPS) is 23.9. The number of hydrogen-bond donors (Lipinski definition) is 2. The lowest BCUT2D eigenvalue weighted by Crippen LogP contribution is -2.63. The number of amides is 1. The third kappa shape index (κ3) is 3.05. The fourth-order valence-corrected chi connectivity index (χ4v) is 4.81. The molecule has 3 fully saturated rings. The van der Waals surface area contributed by atoms with Gasteiger partial charge in [-0.15, -0.1) is 0 Å². The predicted molar refractivity (Wildman–Crippen MR) is 100 cm³/mol. The molecule has 0 bridgehead atoms. The minimum Gasteiger partial charge on any atom is -0.442 e. The van der Waals surface area contributed by atoms with Crippen molar-refractivity contribution in [2.45, 2.75) is 6.10 Å². The number of nitrogens with two attached hydrogens (primary N) is 2. The fourth-order valence-electron chi connectivity index (χ4n) is 3.66. The maximum absolute atomic E-state index is 14.6. The standard InChI is InChI=1S/C17H22FN5O2S/c18-14-5-12(1-2-15(14)21-8-17(9-21)10-26-11-17)23-7-13(25-16(23)24)6-22(20)4-3-19/h1-5,13H,6-11,19-20H2/b4-3-/t13-/m0/s1. The number of cyclic esters (lactones) is 1. The van der Waals surface area contributed by atoms with Crippen molar-refractivity contribution in [1.82, 2.24) is 5.01 Å². The van der Waals surface area contributed by atoms with Crippen LogP contribution in [0.3, 0.4) is 0 Å². The number of anilines is 2. The van der Waals surface area contributed by atoms with E-state index in [9.17, 15) is 9.18 Å². The Labute approximate surface area is 155 Å². The molecule has 1 amide bonds. The molecule has 3 heterocycles. The van der Waals surface area contributed by atoms with Gasteiger partial charge in [-0.2, -0.15) is 11.8 Å². The topological polar surface area (TPSA) is 88.1 Å². The van der Waals surface area contributed by atoms with Gasteiger partial charge >= 0.3 is 6.09 Å². The molecule has 1 spiro atoms. The molecule has 3 aliphatic rings. The number of hydrogen-bond acceptors (Lipinski definition) is 7. The van der Waals surface area contributed by atoms with Crippen LogP contribution in [-0.4, -0.2) is 54.9 Å². The molecule has 3 saturated heterocycles. The first-order valence-electron chi connectivity index (χ1n) is 8.50. The van der Waals surface area contributed by atoms with Gasteiger partial charge in [0.1, 0.15) is 11.9 Å². The number of carbonyl (C=O) groups excluding carboxylic acids is 1. The lowest BCUT2D eigenvalue weighted by atomic mass is 9.82. The Morgan fingerprint density at radius 1 is 1.42 bits per heavy atom. The summed E-state index contributed by atoms with van der Waals surface area (Å²) in [6, 6.07) is 4.92. The number of thioether (sulfide) groups is 1. The van der Waals surface area contributed by atoms with E-state index in [-0.39, 0.29) is 5.82 Å². The molecule has 0 aromatic heterocycles. The zero-order valence-corrected chi connectivity index (χ0v) is 15.1. The Balaban J connectivity index is 1.41. The molecule has 140 valence electrons. The van der Waals surface area contributed by atoms with Crippen LogP contribution in [0.25, 0.3) is 0 Å². The summed E-state index contributed by atoms with van der Waals surface area (Å²) in [5.74, 6) is 7.74. The molecule has 0 saturated carbocycles. The highest BCUT2D eigenvalue weighted by Gasteiger charge is 2.48. The van der Waals surface area contributed by atoms with Crippen LogP contribution in [0.15, 0.2) is 30.6 Å². The summed E-state index contributed by atoms with van der Waals surface area (Å²) in [4.78, 5) is 15.6. The molecule has 4 N–H and O–H groups in total. The van der Waals surface area contributed by atoms with Crippen molar-refractivity contribution >= 4 is 29.2 Å². The van der Waals surface area contributed by atoms with Crippen LogP contribution in [0.2, 0.25) is 0 Å². The van der Waals surface area contributed by atoms with Crippen molar-refractivity contribution in [3.8, 4) is 0 Å². The maximum atomic E-state index is 14.6. The molecule has 0 aliphatic carbocycles. The summed E-state index contributed by atoms with van der Waals surface area (Å²) in [7, 11) is 0. The molecule has 0 unspecified atom stereocenters. The Morgan fingerprint density at radius 2 is 2.19 bits per heavy atom. The van der Waals surface area contributed by atoms with E-state index in [1.807, 2.05) is 11.8 Å². The van der Waals surface area contributed by atoms with Gasteiger partial charge in [-0.1, -0.05) is 0 Å². The Bertz CT molecular complexity index is 734. The average molecular weight is 379 g/mol. The minimum absolute atomic E-state index is 0.310. The number of hydrazine groups is 1. The number of carbonyl (C=O) groups is 1. The second kappa shape index (κ2) is 6.55. The van der Waals surface area contributed by atoms with Crippen LogP contribution in [0.4, 0.5) is 20.6 Å². The van der Waals surface area contributed by atoms with Gasteiger partial charge in [0.2, 0.25) is 0 Å². The lowest BCUT2D eigenvalue weighted by Gasteiger charge is -2.56. The van der Waals surface area contributed by atoms with Crippen LogP contribution in [-0.2, 0) is 4.74 Å². The zero-order valence-electron chi connectivity index (χ0n) is 14.3. The SMILES string of the molecule is N/C=C\N(N)C[C@H]1CN(c2ccc(N3CC4(CSC4)C3)c(F)c2)C(=O)O1. The quantitative estimate of drug-likeness (QED) is 0.589. The highest BCUT2D eigenvalue weighted by molar-refractivity contribution is 8.00. The van der Waals surface area contributed by atoms with Gasteiger partial charge in [0.05, 0.1) is 24.5 Å². The van der Waals surface area contributed by atoms with Crippen molar-refractivity contribution in [3.63, 3.8) is 0 Å². The highest BCUT2D eigenvalue weighted by Crippen LogP contribution is 2.47. The summed E-state index contributed by atoms with van der Waals surface area (Å²) in [5, 5.41) is 1.35. The van der Waals surface area contributed by atoms with E-state index in [0.29, 0.717) is 29.9 Å². The Kier molecular flexibility index (Phi) is 4.36.